The molecule has 0 aliphatic rings. The zero-order valence-corrected chi connectivity index (χ0v) is 15.4. The van der Waals surface area contributed by atoms with Crippen molar-refractivity contribution in [3.63, 3.8) is 0 Å². The monoisotopic (exact) mass is 388 g/mol. The van der Waals surface area contributed by atoms with Crippen LogP contribution in [0.3, 0.4) is 0 Å². The molecule has 1 atom stereocenters. The molecule has 0 radical (unpaired) electrons. The van der Waals surface area contributed by atoms with Crippen LogP contribution in [0, 0.1) is 10.1 Å². The van der Waals surface area contributed by atoms with Gasteiger partial charge in [0.15, 0.2) is 0 Å². The van der Waals surface area contributed by atoms with Crippen molar-refractivity contribution in [3.05, 3.63) is 56.1 Å². The van der Waals surface area contributed by atoms with Crippen LogP contribution in [0.2, 0.25) is 0 Å². The van der Waals surface area contributed by atoms with Crippen LogP contribution >= 0.6 is 0 Å². The van der Waals surface area contributed by atoms with E-state index < -0.39 is 22.4 Å². The number of hydrogen-bond acceptors (Lipinski definition) is 8. The van der Waals surface area contributed by atoms with Crippen LogP contribution in [0.1, 0.15) is 26.0 Å². The second-order valence-corrected chi connectivity index (χ2v) is 6.04. The van der Waals surface area contributed by atoms with E-state index in [0.29, 0.717) is 23.1 Å². The molecule has 0 aromatic carbocycles. The van der Waals surface area contributed by atoms with Gasteiger partial charge in [-0.25, -0.2) is 5.10 Å². The Kier molecular flexibility index (Phi) is 6.90. The molecule has 0 aliphatic heterocycles. The van der Waals surface area contributed by atoms with E-state index in [4.69, 9.17) is 5.21 Å². The molecule has 2 aromatic heterocycles. The largest absolute Gasteiger partial charge is 0.411 e. The lowest BCUT2D eigenvalue weighted by molar-refractivity contribution is -0.512. The summed E-state index contributed by atoms with van der Waals surface area (Å²) in [6.45, 7) is 3.12. The Bertz CT molecular complexity index is 997. The number of carbonyl (C=O) groups excluding carboxylic acids is 1. The number of fused-ring (bicyclic) bond motifs is 1. The molecule has 11 nitrogen and oxygen atoms in total. The van der Waals surface area contributed by atoms with Gasteiger partial charge in [-0.15, -0.1) is 0 Å². The maximum Gasteiger partial charge on any atom is 0.290 e. The van der Waals surface area contributed by atoms with E-state index in [1.807, 2.05) is 0 Å². The Morgan fingerprint density at radius 1 is 1.54 bits per heavy atom. The molecule has 0 aliphatic carbocycles. The third-order valence-corrected chi connectivity index (χ3v) is 4.11. The molecule has 1 amide bonds. The standard InChI is InChI=1S/C17H20N6O5/c1-3-14(23(27)28)10(2)7-11(22-26)9-19-15(24)8-13-12-5-4-6-18-16(12)17(25)21-20-13/h4-7,14,26H,3,8-9H2,1-2H3,(H,19,24)(H,21,25). The highest BCUT2D eigenvalue weighted by Gasteiger charge is 2.20. The van der Waals surface area contributed by atoms with Crippen LogP contribution < -0.4 is 10.9 Å². The third-order valence-electron chi connectivity index (χ3n) is 4.11. The van der Waals surface area contributed by atoms with E-state index in [-0.39, 0.29) is 24.2 Å². The molecule has 2 heterocycles. The molecular weight excluding hydrogens is 368 g/mol. The molecule has 148 valence electrons. The molecule has 0 bridgehead atoms. The van der Waals surface area contributed by atoms with Crippen LogP contribution in [-0.4, -0.2) is 49.5 Å². The van der Waals surface area contributed by atoms with Gasteiger partial charge in [0, 0.05) is 28.5 Å². The Labute approximate surface area is 159 Å². The number of pyridine rings is 1. The van der Waals surface area contributed by atoms with E-state index >= 15 is 0 Å². The number of aromatic nitrogens is 3. The van der Waals surface area contributed by atoms with Crippen molar-refractivity contribution in [2.75, 3.05) is 6.54 Å². The van der Waals surface area contributed by atoms with Gasteiger partial charge in [-0.1, -0.05) is 12.1 Å². The molecule has 3 N–H and O–H groups in total. The van der Waals surface area contributed by atoms with Crippen LogP contribution in [0.4, 0.5) is 0 Å². The van der Waals surface area contributed by atoms with Crippen molar-refractivity contribution in [2.45, 2.75) is 32.7 Å². The fraction of sp³-hybridized carbons (Fsp3) is 0.353. The number of aromatic amines is 1. The van der Waals surface area contributed by atoms with Gasteiger partial charge in [-0.3, -0.25) is 24.7 Å². The Morgan fingerprint density at radius 3 is 2.93 bits per heavy atom. The highest BCUT2D eigenvalue weighted by atomic mass is 16.6. The first-order chi connectivity index (χ1) is 13.4. The Hall–Kier alpha value is -3.63. The van der Waals surface area contributed by atoms with Crippen molar-refractivity contribution < 1.29 is 14.9 Å². The molecule has 2 rings (SSSR count). The van der Waals surface area contributed by atoms with Crippen molar-refractivity contribution in [3.8, 4) is 0 Å². The van der Waals surface area contributed by atoms with E-state index in [1.54, 1.807) is 26.0 Å². The second kappa shape index (κ2) is 9.35. The van der Waals surface area contributed by atoms with Gasteiger partial charge in [0.25, 0.3) is 5.56 Å². The average Bonchev–Trinajstić information content (AvgIpc) is 2.67. The number of oxime groups is 1. The molecule has 0 saturated carbocycles. The summed E-state index contributed by atoms with van der Waals surface area (Å²) >= 11 is 0. The predicted molar refractivity (Wildman–Crippen MR) is 101 cm³/mol. The number of nitro groups is 1. The predicted octanol–water partition coefficient (Wildman–Crippen LogP) is 0.809. The summed E-state index contributed by atoms with van der Waals surface area (Å²) in [7, 11) is 0. The smallest absolute Gasteiger partial charge is 0.290 e. The normalized spacial score (nSPS) is 13.4. The number of nitrogens with zero attached hydrogens (tertiary/aromatic N) is 4. The van der Waals surface area contributed by atoms with Gasteiger partial charge in [-0.2, -0.15) is 5.10 Å². The van der Waals surface area contributed by atoms with Gasteiger partial charge in [0.2, 0.25) is 11.9 Å². The molecular formula is C17H20N6O5. The minimum atomic E-state index is -0.892. The zero-order chi connectivity index (χ0) is 20.7. The highest BCUT2D eigenvalue weighted by Crippen LogP contribution is 2.11. The molecule has 0 spiro atoms. The maximum atomic E-state index is 12.2. The number of H-pyrrole nitrogens is 1. The summed E-state index contributed by atoms with van der Waals surface area (Å²) in [6.07, 6.45) is 3.00. The summed E-state index contributed by atoms with van der Waals surface area (Å²) in [5.41, 5.74) is 0.558. The third kappa shape index (κ3) is 4.96. The van der Waals surface area contributed by atoms with Crippen LogP contribution in [0.5, 0.6) is 0 Å². The minimum absolute atomic E-state index is 0.0760. The van der Waals surface area contributed by atoms with Gasteiger partial charge >= 0.3 is 0 Å². The summed E-state index contributed by atoms with van der Waals surface area (Å²) in [5, 5.41) is 32.4. The minimum Gasteiger partial charge on any atom is -0.411 e. The van der Waals surface area contributed by atoms with Crippen LogP contribution in [0.25, 0.3) is 10.9 Å². The number of nitrogens with one attached hydrogen (secondary N) is 2. The lowest BCUT2D eigenvalue weighted by Crippen LogP contribution is -2.31. The molecule has 11 heteroatoms. The fourth-order valence-corrected chi connectivity index (χ4v) is 2.70. The van der Waals surface area contributed by atoms with E-state index in [9.17, 15) is 19.7 Å². The average molecular weight is 388 g/mol. The molecule has 2 aromatic rings. The molecule has 1 unspecified atom stereocenters. The molecule has 28 heavy (non-hydrogen) atoms. The fourth-order valence-electron chi connectivity index (χ4n) is 2.70. The zero-order valence-electron chi connectivity index (χ0n) is 15.4. The summed E-state index contributed by atoms with van der Waals surface area (Å²) < 4.78 is 0. The summed E-state index contributed by atoms with van der Waals surface area (Å²) in [4.78, 5) is 38.5. The molecule has 0 saturated heterocycles. The molecule has 0 fully saturated rings. The summed E-state index contributed by atoms with van der Waals surface area (Å²) in [6, 6.07) is 2.38. The highest BCUT2D eigenvalue weighted by molar-refractivity contribution is 5.99. The first kappa shape index (κ1) is 20.7. The Balaban J connectivity index is 2.07. The Morgan fingerprint density at radius 2 is 2.29 bits per heavy atom. The lowest BCUT2D eigenvalue weighted by atomic mass is 10.1. The first-order valence-electron chi connectivity index (χ1n) is 8.49. The number of rotatable bonds is 8. The van der Waals surface area contributed by atoms with Gasteiger partial charge in [0.05, 0.1) is 24.4 Å². The van der Waals surface area contributed by atoms with Crippen LogP contribution in [0.15, 0.2) is 39.9 Å². The number of carbonyl (C=O) groups is 1. The maximum absolute atomic E-state index is 12.2. The lowest BCUT2D eigenvalue weighted by Gasteiger charge is -2.09. The quantitative estimate of drug-likeness (QED) is 0.261. The number of hydrogen-bond donors (Lipinski definition) is 3. The summed E-state index contributed by atoms with van der Waals surface area (Å²) in [5.74, 6) is -0.432. The number of amides is 1. The first-order valence-corrected chi connectivity index (χ1v) is 8.49. The van der Waals surface area contributed by atoms with Crippen molar-refractivity contribution in [1.82, 2.24) is 20.5 Å². The van der Waals surface area contributed by atoms with Crippen molar-refractivity contribution >= 4 is 22.5 Å². The van der Waals surface area contributed by atoms with Crippen molar-refractivity contribution in [2.24, 2.45) is 5.16 Å². The van der Waals surface area contributed by atoms with E-state index in [0.717, 1.165) is 0 Å². The van der Waals surface area contributed by atoms with E-state index in [1.165, 1.54) is 12.3 Å². The van der Waals surface area contributed by atoms with Gasteiger partial charge < -0.3 is 10.5 Å². The van der Waals surface area contributed by atoms with Gasteiger partial charge in [0.1, 0.15) is 5.52 Å². The second-order valence-electron chi connectivity index (χ2n) is 6.04. The van der Waals surface area contributed by atoms with E-state index in [2.05, 4.69) is 25.7 Å². The SMILES string of the molecule is CCC(C(C)=CC(CNC(=O)Cc1n[nH]c(=O)c2ncccc12)=NO)[N+](=O)[O-]. The van der Waals surface area contributed by atoms with Crippen molar-refractivity contribution in [1.29, 1.82) is 0 Å². The topological polar surface area (TPSA) is 163 Å². The van der Waals surface area contributed by atoms with Crippen LogP contribution in [-0.2, 0) is 11.2 Å². The van der Waals surface area contributed by atoms with Gasteiger partial charge in [-0.05, 0) is 25.1 Å².